The Kier molecular flexibility index (Phi) is 4.51. The first kappa shape index (κ1) is 13.0. The summed E-state index contributed by atoms with van der Waals surface area (Å²) in [5, 5.41) is 5.31. The Bertz CT molecular complexity index is 430. The van der Waals surface area contributed by atoms with Crippen LogP contribution in [0.5, 0.6) is 0 Å². The van der Waals surface area contributed by atoms with Crippen molar-refractivity contribution in [3.63, 3.8) is 0 Å². The molecule has 1 aromatic rings. The maximum absolute atomic E-state index is 11.8. The highest BCUT2D eigenvalue weighted by Gasteiger charge is 2.08. The van der Waals surface area contributed by atoms with Crippen molar-refractivity contribution in [3.05, 3.63) is 29.3 Å². The average molecular weight is 235 g/mol. The number of nitrogens with one attached hydrogen (secondary N) is 2. The lowest BCUT2D eigenvalue weighted by Gasteiger charge is -2.08. The lowest BCUT2D eigenvalue weighted by Crippen LogP contribution is -2.33. The van der Waals surface area contributed by atoms with Crippen molar-refractivity contribution in [2.45, 2.75) is 13.8 Å². The summed E-state index contributed by atoms with van der Waals surface area (Å²) in [6.07, 6.45) is 0. The highest BCUT2D eigenvalue weighted by Crippen LogP contribution is 2.12. The number of hydrogen-bond acceptors (Lipinski definition) is 3. The van der Waals surface area contributed by atoms with Crippen LogP contribution in [0.2, 0.25) is 0 Å². The van der Waals surface area contributed by atoms with Crippen LogP contribution in [0, 0.1) is 6.92 Å². The molecule has 0 heterocycles. The van der Waals surface area contributed by atoms with Gasteiger partial charge < -0.3 is 16.4 Å². The summed E-state index contributed by atoms with van der Waals surface area (Å²) in [6.45, 7) is 4.10. The van der Waals surface area contributed by atoms with Crippen LogP contribution in [0.3, 0.4) is 0 Å². The van der Waals surface area contributed by atoms with Gasteiger partial charge in [0.2, 0.25) is 5.91 Å². The van der Waals surface area contributed by atoms with Gasteiger partial charge in [-0.05, 0) is 24.6 Å². The molecule has 0 bridgehead atoms. The second-order valence-electron chi connectivity index (χ2n) is 3.81. The quantitative estimate of drug-likeness (QED) is 0.523. The minimum absolute atomic E-state index is 0.112. The summed E-state index contributed by atoms with van der Waals surface area (Å²) in [5.74, 6) is -0.292. The van der Waals surface area contributed by atoms with Crippen LogP contribution < -0.4 is 16.4 Å². The third-order valence-corrected chi connectivity index (χ3v) is 2.29. The molecule has 5 nitrogen and oxygen atoms in total. The van der Waals surface area contributed by atoms with Crippen molar-refractivity contribution in [1.29, 1.82) is 0 Å². The SMILES string of the molecule is CC(=O)NCCNC(=O)c1cc(N)ccc1C. The molecule has 0 aliphatic rings. The van der Waals surface area contributed by atoms with Gasteiger partial charge in [-0.2, -0.15) is 0 Å². The van der Waals surface area contributed by atoms with Gasteiger partial charge in [-0.25, -0.2) is 0 Å². The molecule has 92 valence electrons. The van der Waals surface area contributed by atoms with Crippen LogP contribution >= 0.6 is 0 Å². The lowest BCUT2D eigenvalue weighted by molar-refractivity contribution is -0.118. The predicted molar refractivity (Wildman–Crippen MR) is 66.6 cm³/mol. The maximum atomic E-state index is 11.8. The van der Waals surface area contributed by atoms with E-state index in [2.05, 4.69) is 10.6 Å². The van der Waals surface area contributed by atoms with E-state index in [0.717, 1.165) is 5.56 Å². The highest BCUT2D eigenvalue weighted by molar-refractivity contribution is 5.96. The fourth-order valence-corrected chi connectivity index (χ4v) is 1.39. The minimum atomic E-state index is -0.180. The summed E-state index contributed by atoms with van der Waals surface area (Å²) >= 11 is 0. The molecule has 1 aromatic carbocycles. The number of nitrogen functional groups attached to an aromatic ring is 1. The van der Waals surface area contributed by atoms with Gasteiger partial charge in [0.15, 0.2) is 0 Å². The first-order valence-corrected chi connectivity index (χ1v) is 5.39. The van der Waals surface area contributed by atoms with Gasteiger partial charge in [-0.1, -0.05) is 6.07 Å². The summed E-state index contributed by atoms with van der Waals surface area (Å²) < 4.78 is 0. The Balaban J connectivity index is 2.52. The molecule has 4 N–H and O–H groups in total. The van der Waals surface area contributed by atoms with Crippen molar-refractivity contribution in [2.75, 3.05) is 18.8 Å². The van der Waals surface area contributed by atoms with E-state index in [0.29, 0.717) is 24.3 Å². The van der Waals surface area contributed by atoms with E-state index in [1.807, 2.05) is 6.92 Å². The molecule has 0 aromatic heterocycles. The lowest BCUT2D eigenvalue weighted by atomic mass is 10.1. The normalized spacial score (nSPS) is 9.76. The molecule has 0 fully saturated rings. The Labute approximate surface area is 100 Å². The fraction of sp³-hybridized carbons (Fsp3) is 0.333. The molecule has 0 unspecified atom stereocenters. The number of rotatable bonds is 4. The Hall–Kier alpha value is -2.04. The summed E-state index contributed by atoms with van der Waals surface area (Å²) in [4.78, 5) is 22.4. The number of carbonyl (C=O) groups is 2. The maximum Gasteiger partial charge on any atom is 0.251 e. The van der Waals surface area contributed by atoms with Gasteiger partial charge in [-0.3, -0.25) is 9.59 Å². The van der Waals surface area contributed by atoms with Gasteiger partial charge >= 0.3 is 0 Å². The molecular weight excluding hydrogens is 218 g/mol. The van der Waals surface area contributed by atoms with Crippen LogP contribution in [0.15, 0.2) is 18.2 Å². The Morgan fingerprint density at radius 2 is 1.88 bits per heavy atom. The van der Waals surface area contributed by atoms with Crippen molar-refractivity contribution in [1.82, 2.24) is 10.6 Å². The van der Waals surface area contributed by atoms with Crippen LogP contribution in [-0.2, 0) is 4.79 Å². The summed E-state index contributed by atoms with van der Waals surface area (Å²) in [6, 6.07) is 5.20. The molecule has 0 aliphatic heterocycles. The molecule has 0 radical (unpaired) electrons. The number of carbonyl (C=O) groups excluding carboxylic acids is 2. The first-order chi connectivity index (χ1) is 8.00. The van der Waals surface area contributed by atoms with E-state index in [-0.39, 0.29) is 11.8 Å². The van der Waals surface area contributed by atoms with E-state index in [4.69, 9.17) is 5.73 Å². The zero-order valence-electron chi connectivity index (χ0n) is 10.0. The monoisotopic (exact) mass is 235 g/mol. The van der Waals surface area contributed by atoms with Gasteiger partial charge in [0, 0.05) is 31.3 Å². The van der Waals surface area contributed by atoms with Crippen LogP contribution in [0.4, 0.5) is 5.69 Å². The minimum Gasteiger partial charge on any atom is -0.399 e. The fourth-order valence-electron chi connectivity index (χ4n) is 1.39. The first-order valence-electron chi connectivity index (χ1n) is 5.39. The third kappa shape index (κ3) is 4.14. The number of benzene rings is 1. The molecule has 0 aliphatic carbocycles. The number of hydrogen-bond donors (Lipinski definition) is 3. The molecule has 17 heavy (non-hydrogen) atoms. The molecule has 0 atom stereocenters. The van der Waals surface area contributed by atoms with E-state index in [9.17, 15) is 9.59 Å². The smallest absolute Gasteiger partial charge is 0.251 e. The van der Waals surface area contributed by atoms with Gasteiger partial charge in [0.05, 0.1) is 0 Å². The zero-order valence-corrected chi connectivity index (χ0v) is 10.0. The molecule has 5 heteroatoms. The van der Waals surface area contributed by atoms with Crippen LogP contribution in [0.25, 0.3) is 0 Å². The van der Waals surface area contributed by atoms with E-state index >= 15 is 0 Å². The number of nitrogens with two attached hydrogens (primary N) is 1. The largest absolute Gasteiger partial charge is 0.399 e. The summed E-state index contributed by atoms with van der Waals surface area (Å²) in [5.41, 5.74) is 7.62. The Morgan fingerprint density at radius 1 is 1.24 bits per heavy atom. The average Bonchev–Trinajstić information content (AvgIpc) is 2.27. The summed E-state index contributed by atoms with van der Waals surface area (Å²) in [7, 11) is 0. The zero-order chi connectivity index (χ0) is 12.8. The van der Waals surface area contributed by atoms with Gasteiger partial charge in [0.25, 0.3) is 5.91 Å². The Morgan fingerprint density at radius 3 is 2.53 bits per heavy atom. The van der Waals surface area contributed by atoms with Crippen molar-refractivity contribution in [3.8, 4) is 0 Å². The van der Waals surface area contributed by atoms with E-state index < -0.39 is 0 Å². The van der Waals surface area contributed by atoms with Gasteiger partial charge in [-0.15, -0.1) is 0 Å². The van der Waals surface area contributed by atoms with Crippen LogP contribution in [0.1, 0.15) is 22.8 Å². The van der Waals surface area contributed by atoms with E-state index in [1.165, 1.54) is 6.92 Å². The standard InChI is InChI=1S/C12H17N3O2/c1-8-3-4-10(13)7-11(8)12(17)15-6-5-14-9(2)16/h3-4,7H,5-6,13H2,1-2H3,(H,14,16)(H,15,17). The highest BCUT2D eigenvalue weighted by atomic mass is 16.2. The van der Waals surface area contributed by atoms with Crippen molar-refractivity contribution >= 4 is 17.5 Å². The van der Waals surface area contributed by atoms with Gasteiger partial charge in [0.1, 0.15) is 0 Å². The number of anilines is 1. The topological polar surface area (TPSA) is 84.2 Å². The van der Waals surface area contributed by atoms with E-state index in [1.54, 1.807) is 18.2 Å². The van der Waals surface area contributed by atoms with Crippen molar-refractivity contribution in [2.24, 2.45) is 0 Å². The molecule has 0 saturated carbocycles. The molecular formula is C12H17N3O2. The number of amides is 2. The second kappa shape index (κ2) is 5.89. The molecule has 1 rings (SSSR count). The second-order valence-corrected chi connectivity index (χ2v) is 3.81. The molecule has 0 saturated heterocycles. The number of aryl methyl sites for hydroxylation is 1. The van der Waals surface area contributed by atoms with Crippen LogP contribution in [-0.4, -0.2) is 24.9 Å². The van der Waals surface area contributed by atoms with Crippen molar-refractivity contribution < 1.29 is 9.59 Å². The predicted octanol–water partition coefficient (Wildman–Crippen LogP) is 0.443. The molecule has 0 spiro atoms. The third-order valence-electron chi connectivity index (χ3n) is 2.29. The molecule has 2 amide bonds.